The Kier molecular flexibility index (Phi) is 7.28. The van der Waals surface area contributed by atoms with Crippen molar-refractivity contribution in [3.63, 3.8) is 0 Å². The molecule has 126 valence electrons. The first-order chi connectivity index (χ1) is 10.1. The van der Waals surface area contributed by atoms with Crippen LogP contribution in [0.2, 0.25) is 21.6 Å². The van der Waals surface area contributed by atoms with Crippen LogP contribution in [0.5, 0.6) is 5.88 Å². The van der Waals surface area contributed by atoms with Gasteiger partial charge in [0.2, 0.25) is 5.88 Å². The van der Waals surface area contributed by atoms with Crippen LogP contribution in [0, 0.1) is 0 Å². The molecule has 5 heteroatoms. The minimum Gasteiger partial charge on any atom is -0.474 e. The van der Waals surface area contributed by atoms with E-state index in [4.69, 9.17) is 16.3 Å². The number of aromatic nitrogens is 1. The van der Waals surface area contributed by atoms with Crippen LogP contribution < -0.4 is 4.74 Å². The molecule has 1 rings (SSSR count). The molecule has 0 N–H and O–H groups in total. The van der Waals surface area contributed by atoms with E-state index >= 15 is 0 Å². The van der Waals surface area contributed by atoms with Crippen LogP contribution in [0.1, 0.15) is 55.4 Å². The summed E-state index contributed by atoms with van der Waals surface area (Å²) in [5.41, 5.74) is 2.09. The lowest BCUT2D eigenvalue weighted by molar-refractivity contribution is 0.232. The van der Waals surface area contributed by atoms with Crippen LogP contribution in [0.15, 0.2) is 17.2 Å². The maximum Gasteiger partial charge on any atom is 0.232 e. The van der Waals surface area contributed by atoms with Gasteiger partial charge in [0.15, 0.2) is 0 Å². The SMILES string of the molecule is CC(C)Oc1ncc(S[Si](C(C)C)(C(C)C)C(C)C)cc1Cl. The van der Waals surface area contributed by atoms with Crippen molar-refractivity contribution < 1.29 is 4.74 Å². The molecule has 1 aromatic heterocycles. The summed E-state index contributed by atoms with van der Waals surface area (Å²) < 4.78 is 5.63. The van der Waals surface area contributed by atoms with Crippen LogP contribution in [-0.2, 0) is 0 Å². The largest absolute Gasteiger partial charge is 0.474 e. The van der Waals surface area contributed by atoms with Gasteiger partial charge in [0.05, 0.1) is 6.10 Å². The number of pyridine rings is 1. The van der Waals surface area contributed by atoms with Crippen LogP contribution in [0.4, 0.5) is 0 Å². The Bertz CT molecular complexity index is 470. The van der Waals surface area contributed by atoms with Crippen molar-refractivity contribution >= 4 is 30.0 Å². The molecular formula is C17H30ClNOSSi. The third-order valence-electron chi connectivity index (χ3n) is 4.13. The average molecular weight is 360 g/mol. The van der Waals surface area contributed by atoms with E-state index in [2.05, 4.69) is 46.5 Å². The van der Waals surface area contributed by atoms with Crippen LogP contribution in [0.3, 0.4) is 0 Å². The Hall–Kier alpha value is -0.193. The van der Waals surface area contributed by atoms with Crippen molar-refractivity contribution in [2.24, 2.45) is 0 Å². The van der Waals surface area contributed by atoms with Gasteiger partial charge in [0.25, 0.3) is 0 Å². The van der Waals surface area contributed by atoms with Gasteiger partial charge >= 0.3 is 0 Å². The summed E-state index contributed by atoms with van der Waals surface area (Å²) in [6.07, 6.45) is 2.00. The predicted octanol–water partition coefficient (Wildman–Crippen LogP) is 6.79. The Morgan fingerprint density at radius 3 is 1.86 bits per heavy atom. The third-order valence-corrected chi connectivity index (χ3v) is 16.6. The molecule has 0 radical (unpaired) electrons. The van der Waals surface area contributed by atoms with Crippen LogP contribution in [0.25, 0.3) is 0 Å². The van der Waals surface area contributed by atoms with Gasteiger partial charge in [0.1, 0.15) is 12.2 Å². The Balaban J connectivity index is 3.12. The summed E-state index contributed by atoms with van der Waals surface area (Å²) in [7, 11) is -1.56. The molecule has 0 spiro atoms. The van der Waals surface area contributed by atoms with E-state index in [1.807, 2.05) is 37.3 Å². The van der Waals surface area contributed by atoms with E-state index in [1.165, 1.54) is 4.90 Å². The van der Waals surface area contributed by atoms with Crippen LogP contribution in [-0.4, -0.2) is 18.3 Å². The summed E-state index contributed by atoms with van der Waals surface area (Å²) >= 11 is 8.39. The summed E-state index contributed by atoms with van der Waals surface area (Å²) in [6.45, 7) is 18.2. The molecule has 0 aromatic carbocycles. The average Bonchev–Trinajstić information content (AvgIpc) is 2.37. The molecule has 1 aromatic rings. The standard InChI is InChI=1S/C17H30ClNOSSi/c1-11(2)20-17-16(18)9-15(10-19-17)21-22(12(3)4,13(5)6)14(7)8/h9-14H,1-8H3. The molecule has 1 heterocycles. The molecule has 0 atom stereocenters. The summed E-state index contributed by atoms with van der Waals surface area (Å²) in [6, 6.07) is 2.02. The lowest BCUT2D eigenvalue weighted by Gasteiger charge is -2.42. The Morgan fingerprint density at radius 1 is 1.00 bits per heavy atom. The number of halogens is 1. The number of ether oxygens (including phenoxy) is 1. The number of hydrogen-bond acceptors (Lipinski definition) is 3. The van der Waals surface area contributed by atoms with Crippen molar-refractivity contribution in [2.45, 2.75) is 83.0 Å². The maximum absolute atomic E-state index is 6.36. The topological polar surface area (TPSA) is 22.1 Å². The van der Waals surface area contributed by atoms with E-state index in [0.29, 0.717) is 27.5 Å². The van der Waals surface area contributed by atoms with Gasteiger partial charge in [-0.3, -0.25) is 0 Å². The lowest BCUT2D eigenvalue weighted by Crippen LogP contribution is -2.40. The minimum absolute atomic E-state index is 0.0824. The third kappa shape index (κ3) is 4.42. The molecule has 0 aliphatic carbocycles. The van der Waals surface area contributed by atoms with Gasteiger partial charge in [-0.25, -0.2) is 4.98 Å². The van der Waals surface area contributed by atoms with Crippen LogP contribution >= 0.6 is 22.8 Å². The fraction of sp³-hybridized carbons (Fsp3) is 0.706. The monoisotopic (exact) mass is 359 g/mol. The highest BCUT2D eigenvalue weighted by molar-refractivity contribution is 8.29. The van der Waals surface area contributed by atoms with E-state index in [9.17, 15) is 0 Å². The minimum atomic E-state index is -1.56. The molecule has 0 amide bonds. The van der Waals surface area contributed by atoms with Gasteiger partial charge in [0, 0.05) is 11.1 Å². The Morgan fingerprint density at radius 2 is 1.50 bits per heavy atom. The van der Waals surface area contributed by atoms with Crippen molar-refractivity contribution in [3.05, 3.63) is 17.3 Å². The van der Waals surface area contributed by atoms with Crippen molar-refractivity contribution in [1.82, 2.24) is 4.98 Å². The zero-order valence-electron chi connectivity index (χ0n) is 15.1. The van der Waals surface area contributed by atoms with Crippen molar-refractivity contribution in [2.75, 3.05) is 0 Å². The van der Waals surface area contributed by atoms with Crippen molar-refractivity contribution in [1.29, 1.82) is 0 Å². The van der Waals surface area contributed by atoms with E-state index in [0.717, 1.165) is 0 Å². The van der Waals surface area contributed by atoms with Gasteiger partial charge in [-0.05, 0) is 36.5 Å². The van der Waals surface area contributed by atoms with Gasteiger partial charge in [-0.15, -0.1) is 11.2 Å². The summed E-state index contributed by atoms with van der Waals surface area (Å²) in [5.74, 6) is 0.534. The second kappa shape index (κ2) is 8.07. The lowest BCUT2D eigenvalue weighted by atomic mass is 10.4. The molecule has 22 heavy (non-hydrogen) atoms. The molecule has 0 saturated heterocycles. The Labute approximate surface area is 146 Å². The first-order valence-electron chi connectivity index (χ1n) is 8.12. The molecule has 2 nitrogen and oxygen atoms in total. The molecule has 0 aliphatic rings. The molecule has 0 aliphatic heterocycles. The summed E-state index contributed by atoms with van der Waals surface area (Å²) in [5, 5.41) is 0.609. The quantitative estimate of drug-likeness (QED) is 0.500. The van der Waals surface area contributed by atoms with E-state index in [-0.39, 0.29) is 6.10 Å². The van der Waals surface area contributed by atoms with Crippen molar-refractivity contribution in [3.8, 4) is 5.88 Å². The number of rotatable bonds is 7. The van der Waals surface area contributed by atoms with E-state index < -0.39 is 7.22 Å². The highest BCUT2D eigenvalue weighted by Gasteiger charge is 2.44. The van der Waals surface area contributed by atoms with Gasteiger partial charge in [-0.1, -0.05) is 53.1 Å². The van der Waals surface area contributed by atoms with E-state index in [1.54, 1.807) is 0 Å². The molecule has 0 unspecified atom stereocenters. The first kappa shape index (κ1) is 19.9. The van der Waals surface area contributed by atoms with Gasteiger partial charge < -0.3 is 4.74 Å². The van der Waals surface area contributed by atoms with Gasteiger partial charge in [-0.2, -0.15) is 0 Å². The molecule has 0 fully saturated rings. The summed E-state index contributed by atoms with van der Waals surface area (Å²) in [4.78, 5) is 5.60. The normalized spacial score (nSPS) is 12.8. The molecule has 0 bridgehead atoms. The molecular weight excluding hydrogens is 330 g/mol. The second-order valence-electron chi connectivity index (χ2n) is 7.04. The smallest absolute Gasteiger partial charge is 0.232 e. The maximum atomic E-state index is 6.36. The predicted molar refractivity (Wildman–Crippen MR) is 102 cm³/mol. The highest BCUT2D eigenvalue weighted by atomic mass is 35.5. The second-order valence-corrected chi connectivity index (χ2v) is 16.0. The first-order valence-corrected chi connectivity index (χ1v) is 12.3. The highest BCUT2D eigenvalue weighted by Crippen LogP contribution is 2.52. The fourth-order valence-electron chi connectivity index (χ4n) is 3.33. The zero-order chi connectivity index (χ0) is 17.1. The molecule has 0 saturated carbocycles. The zero-order valence-corrected chi connectivity index (χ0v) is 17.7. The number of nitrogens with zero attached hydrogens (tertiary/aromatic N) is 1. The number of hydrogen-bond donors (Lipinski definition) is 0. The fourth-order valence-corrected chi connectivity index (χ4v) is 12.7.